The Balaban J connectivity index is 1.38. The van der Waals surface area contributed by atoms with Crippen LogP contribution in [0.3, 0.4) is 0 Å². The number of benzene rings is 2. The second-order valence-electron chi connectivity index (χ2n) is 9.99. The lowest BCUT2D eigenvalue weighted by Gasteiger charge is -2.49. The first-order valence-corrected chi connectivity index (χ1v) is 13.6. The van der Waals surface area contributed by atoms with Crippen LogP contribution in [0.25, 0.3) is 0 Å². The molecule has 1 amide bonds. The molecule has 0 spiro atoms. The number of carbonyl (C=O) groups excluding carboxylic acids is 1. The summed E-state index contributed by atoms with van der Waals surface area (Å²) in [6, 6.07) is 11.4. The number of amides is 1. The number of carbonyl (C=O) groups is 1. The summed E-state index contributed by atoms with van der Waals surface area (Å²) in [7, 11) is 3.18. The molecule has 4 rings (SSSR count). The molecule has 202 valence electrons. The molecular formula is C29H40ClN3O4. The van der Waals surface area contributed by atoms with Gasteiger partial charge in [-0.3, -0.25) is 9.69 Å². The van der Waals surface area contributed by atoms with E-state index in [1.165, 1.54) is 48.8 Å². The number of halogens is 1. The molecule has 2 fully saturated rings. The van der Waals surface area contributed by atoms with E-state index in [2.05, 4.69) is 53.2 Å². The zero-order valence-electron chi connectivity index (χ0n) is 22.5. The van der Waals surface area contributed by atoms with Gasteiger partial charge in [-0.1, -0.05) is 17.7 Å². The van der Waals surface area contributed by atoms with Gasteiger partial charge in [0.25, 0.3) is 0 Å². The maximum Gasteiger partial charge on any atom is 0.245 e. The molecule has 2 atom stereocenters. The second kappa shape index (κ2) is 12.9. The molecule has 7 nitrogen and oxygen atoms in total. The molecule has 0 aliphatic carbocycles. The van der Waals surface area contributed by atoms with E-state index in [0.717, 1.165) is 37.6 Å². The van der Waals surface area contributed by atoms with E-state index in [-0.39, 0.29) is 12.5 Å². The van der Waals surface area contributed by atoms with Crippen molar-refractivity contribution in [3.05, 3.63) is 52.0 Å². The zero-order chi connectivity index (χ0) is 26.4. The average molecular weight is 530 g/mol. The number of nitrogens with zero attached hydrogens (tertiary/aromatic N) is 2. The predicted molar refractivity (Wildman–Crippen MR) is 148 cm³/mol. The lowest BCUT2D eigenvalue weighted by molar-refractivity contribution is -0.124. The van der Waals surface area contributed by atoms with Crippen molar-refractivity contribution in [2.75, 3.05) is 58.5 Å². The molecule has 0 aromatic heterocycles. The molecule has 0 unspecified atom stereocenters. The van der Waals surface area contributed by atoms with Gasteiger partial charge in [0.2, 0.25) is 5.91 Å². The van der Waals surface area contributed by atoms with Crippen molar-refractivity contribution < 1.29 is 19.0 Å². The molecule has 0 radical (unpaired) electrons. The molecule has 2 aromatic rings. The number of hydrogen-bond donors (Lipinski definition) is 1. The van der Waals surface area contributed by atoms with Gasteiger partial charge in [-0.25, -0.2) is 0 Å². The SMILES string of the molecule is COCC(=O)NCCCOc1ccc([C@H]2CCC[C@H]3CN(c4ccc(Cl)c(OC)c4)CCN32)c(C)c1C. The molecule has 37 heavy (non-hydrogen) atoms. The van der Waals surface area contributed by atoms with Crippen LogP contribution in [-0.4, -0.2) is 70.5 Å². The van der Waals surface area contributed by atoms with Gasteiger partial charge in [-0.2, -0.15) is 0 Å². The average Bonchev–Trinajstić information content (AvgIpc) is 2.90. The third-order valence-electron chi connectivity index (χ3n) is 7.76. The Labute approximate surface area is 226 Å². The van der Waals surface area contributed by atoms with Gasteiger partial charge in [-0.15, -0.1) is 0 Å². The van der Waals surface area contributed by atoms with Crippen molar-refractivity contribution in [3.63, 3.8) is 0 Å². The highest BCUT2D eigenvalue weighted by Crippen LogP contribution is 2.40. The fourth-order valence-electron chi connectivity index (χ4n) is 5.66. The molecule has 0 bridgehead atoms. The van der Waals surface area contributed by atoms with Crippen LogP contribution in [0.15, 0.2) is 30.3 Å². The normalized spacial score (nSPS) is 19.9. The smallest absolute Gasteiger partial charge is 0.245 e. The molecule has 2 aromatic carbocycles. The van der Waals surface area contributed by atoms with Crippen molar-refractivity contribution in [2.24, 2.45) is 0 Å². The molecule has 0 saturated carbocycles. The maximum atomic E-state index is 11.5. The Morgan fingerprint density at radius 2 is 1.92 bits per heavy atom. The Bertz CT molecular complexity index is 1080. The van der Waals surface area contributed by atoms with Crippen LogP contribution in [0.2, 0.25) is 5.02 Å². The Hall–Kier alpha value is -2.48. The number of piperidine rings is 1. The van der Waals surface area contributed by atoms with E-state index < -0.39 is 0 Å². The number of rotatable bonds is 10. The third-order valence-corrected chi connectivity index (χ3v) is 8.07. The predicted octanol–water partition coefficient (Wildman–Crippen LogP) is 4.91. The van der Waals surface area contributed by atoms with Gasteiger partial charge in [0.1, 0.15) is 18.1 Å². The zero-order valence-corrected chi connectivity index (χ0v) is 23.3. The van der Waals surface area contributed by atoms with Crippen molar-refractivity contribution in [3.8, 4) is 11.5 Å². The van der Waals surface area contributed by atoms with E-state index in [1.54, 1.807) is 7.11 Å². The van der Waals surface area contributed by atoms with Crippen LogP contribution < -0.4 is 19.7 Å². The minimum absolute atomic E-state index is 0.0908. The van der Waals surface area contributed by atoms with E-state index in [4.69, 9.17) is 25.8 Å². The van der Waals surface area contributed by atoms with Crippen molar-refractivity contribution in [1.82, 2.24) is 10.2 Å². The summed E-state index contributed by atoms with van der Waals surface area (Å²) in [4.78, 5) is 16.7. The standard InChI is InChI=1S/C29H40ClN3O4/c1-20-21(2)27(37-16-6-13-31-29(34)19-35-3)12-10-24(20)26-8-5-7-23-18-32(14-15-33(23)26)22-9-11-25(30)28(17-22)36-4/h9-12,17,23,26H,5-8,13-16,18-19H2,1-4H3,(H,31,34)/t23-,26+/m0/s1. The van der Waals surface area contributed by atoms with Crippen LogP contribution in [0, 0.1) is 13.8 Å². The van der Waals surface area contributed by atoms with Gasteiger partial charge < -0.3 is 24.4 Å². The highest BCUT2D eigenvalue weighted by atomic mass is 35.5. The number of piperazine rings is 1. The molecule has 2 aliphatic heterocycles. The van der Waals surface area contributed by atoms with Gasteiger partial charge in [0.15, 0.2) is 0 Å². The first-order valence-electron chi connectivity index (χ1n) is 13.3. The van der Waals surface area contributed by atoms with Crippen LogP contribution in [0.5, 0.6) is 11.5 Å². The first-order chi connectivity index (χ1) is 17.9. The molecule has 2 aliphatic rings. The fraction of sp³-hybridized carbons (Fsp3) is 0.552. The summed E-state index contributed by atoms with van der Waals surface area (Å²) in [5.41, 5.74) is 5.12. The number of methoxy groups -OCH3 is 2. The summed E-state index contributed by atoms with van der Waals surface area (Å²) in [6.45, 7) is 8.65. The molecule has 1 N–H and O–H groups in total. The van der Waals surface area contributed by atoms with Gasteiger partial charge in [0.05, 0.1) is 18.7 Å². The first kappa shape index (κ1) is 27.6. The van der Waals surface area contributed by atoms with Gasteiger partial charge in [0, 0.05) is 57.1 Å². The minimum Gasteiger partial charge on any atom is -0.495 e. The quantitative estimate of drug-likeness (QED) is 0.441. The van der Waals surface area contributed by atoms with E-state index in [1.807, 2.05) is 6.07 Å². The topological polar surface area (TPSA) is 63.3 Å². The number of fused-ring (bicyclic) bond motifs is 1. The van der Waals surface area contributed by atoms with E-state index >= 15 is 0 Å². The van der Waals surface area contributed by atoms with Crippen LogP contribution in [0.1, 0.15) is 48.4 Å². The summed E-state index contributed by atoms with van der Waals surface area (Å²) in [6.07, 6.45) is 4.39. The van der Waals surface area contributed by atoms with Crippen molar-refractivity contribution in [1.29, 1.82) is 0 Å². The number of ether oxygens (including phenoxy) is 3. The van der Waals surface area contributed by atoms with Crippen LogP contribution in [0.4, 0.5) is 5.69 Å². The molecule has 2 saturated heterocycles. The van der Waals surface area contributed by atoms with Crippen molar-refractivity contribution >= 4 is 23.2 Å². The third kappa shape index (κ3) is 6.51. The molecular weight excluding hydrogens is 490 g/mol. The highest BCUT2D eigenvalue weighted by molar-refractivity contribution is 6.32. The van der Waals surface area contributed by atoms with Crippen LogP contribution in [-0.2, 0) is 9.53 Å². The highest BCUT2D eigenvalue weighted by Gasteiger charge is 2.36. The molecule has 8 heteroatoms. The van der Waals surface area contributed by atoms with E-state index in [0.29, 0.717) is 30.3 Å². The number of hydrogen-bond acceptors (Lipinski definition) is 6. The number of nitrogens with one attached hydrogen (secondary N) is 1. The summed E-state index contributed by atoms with van der Waals surface area (Å²) >= 11 is 6.26. The van der Waals surface area contributed by atoms with Gasteiger partial charge >= 0.3 is 0 Å². The maximum absolute atomic E-state index is 11.5. The number of anilines is 1. The lowest BCUT2D eigenvalue weighted by atomic mass is 9.86. The summed E-state index contributed by atoms with van der Waals surface area (Å²) in [5.74, 6) is 1.56. The minimum atomic E-state index is -0.0987. The Kier molecular flexibility index (Phi) is 9.57. The fourth-order valence-corrected chi connectivity index (χ4v) is 5.86. The van der Waals surface area contributed by atoms with E-state index in [9.17, 15) is 4.79 Å². The summed E-state index contributed by atoms with van der Waals surface area (Å²) < 4.78 is 16.4. The molecule has 2 heterocycles. The largest absolute Gasteiger partial charge is 0.495 e. The second-order valence-corrected chi connectivity index (χ2v) is 10.4. The van der Waals surface area contributed by atoms with Crippen LogP contribution >= 0.6 is 11.6 Å². The Morgan fingerprint density at radius 1 is 1.08 bits per heavy atom. The Morgan fingerprint density at radius 3 is 2.70 bits per heavy atom. The summed E-state index contributed by atoms with van der Waals surface area (Å²) in [5, 5.41) is 3.48. The van der Waals surface area contributed by atoms with Crippen molar-refractivity contribution in [2.45, 2.75) is 51.6 Å². The monoisotopic (exact) mass is 529 g/mol. The lowest BCUT2D eigenvalue weighted by Crippen LogP contribution is -2.56. The van der Waals surface area contributed by atoms with Gasteiger partial charge in [-0.05, 0) is 74.4 Å².